The molecule has 3 atom stereocenters. The Kier molecular flexibility index (Phi) is 7.32. The first kappa shape index (κ1) is 30.5. The quantitative estimate of drug-likeness (QED) is 0.194. The highest BCUT2D eigenvalue weighted by atomic mass is 19.4. The number of ketones is 1. The number of fused-ring (bicyclic) bond motifs is 3. The zero-order valence-corrected chi connectivity index (χ0v) is 23.3. The normalized spacial score (nSPS) is 18.8. The molecule has 2 N–H and O–H groups in total. The Morgan fingerprint density at radius 2 is 1.80 bits per heavy atom. The van der Waals surface area contributed by atoms with E-state index in [0.717, 1.165) is 12.1 Å². The number of nitrogens with two attached hydrogens (primary N) is 1. The van der Waals surface area contributed by atoms with Gasteiger partial charge in [0.2, 0.25) is 0 Å². The van der Waals surface area contributed by atoms with E-state index in [1.165, 1.54) is 24.4 Å². The molecule has 0 saturated heterocycles. The van der Waals surface area contributed by atoms with Crippen molar-refractivity contribution in [2.45, 2.75) is 49.7 Å². The smallest absolute Gasteiger partial charge is 0.399 e. The number of carbonyl (C=O) groups is 1. The number of hydrogen-bond donors (Lipinski definition) is 1. The molecule has 1 saturated carbocycles. The van der Waals surface area contributed by atoms with Crippen LogP contribution in [-0.2, 0) is 29.9 Å². The van der Waals surface area contributed by atoms with E-state index < -0.39 is 77.3 Å². The second-order valence-electron chi connectivity index (χ2n) is 11.4. The van der Waals surface area contributed by atoms with Crippen LogP contribution in [0.3, 0.4) is 0 Å². The van der Waals surface area contributed by atoms with E-state index in [-0.39, 0.29) is 41.1 Å². The van der Waals surface area contributed by atoms with Gasteiger partial charge >= 0.3 is 6.18 Å². The van der Waals surface area contributed by atoms with Crippen LogP contribution >= 0.6 is 0 Å². The van der Waals surface area contributed by atoms with E-state index in [4.69, 9.17) is 5.73 Å². The zero-order valence-electron chi connectivity index (χ0n) is 23.3. The van der Waals surface area contributed by atoms with E-state index in [9.17, 15) is 39.9 Å². The minimum absolute atomic E-state index is 0.0167. The summed E-state index contributed by atoms with van der Waals surface area (Å²) < 4.78 is 114. The van der Waals surface area contributed by atoms with Gasteiger partial charge in [-0.25, -0.2) is 22.0 Å². The molecule has 2 aromatic heterocycles. The summed E-state index contributed by atoms with van der Waals surface area (Å²) >= 11 is 0. The summed E-state index contributed by atoms with van der Waals surface area (Å²) in [7, 11) is 0. The molecule has 2 aliphatic rings. The topological polar surface area (TPSA) is 73.8 Å². The summed E-state index contributed by atoms with van der Waals surface area (Å²) in [5.41, 5.74) is 3.81. The number of aromatic nitrogens is 3. The van der Waals surface area contributed by atoms with Crippen molar-refractivity contribution < 1.29 is 39.9 Å². The minimum Gasteiger partial charge on any atom is -0.399 e. The molecule has 2 unspecified atom stereocenters. The van der Waals surface area contributed by atoms with E-state index in [0.29, 0.717) is 21.9 Å². The van der Waals surface area contributed by atoms with Crippen LogP contribution in [0.5, 0.6) is 0 Å². The molecule has 0 spiro atoms. The van der Waals surface area contributed by atoms with Crippen molar-refractivity contribution in [3.8, 4) is 11.1 Å². The molecule has 234 valence electrons. The van der Waals surface area contributed by atoms with Crippen LogP contribution in [0.4, 0.5) is 35.1 Å². The molecule has 0 aliphatic heterocycles. The van der Waals surface area contributed by atoms with Crippen molar-refractivity contribution in [2.24, 2.45) is 11.7 Å². The van der Waals surface area contributed by atoms with Crippen molar-refractivity contribution in [2.75, 3.05) is 0 Å². The van der Waals surface area contributed by atoms with E-state index >= 15 is 0 Å². The van der Waals surface area contributed by atoms with Crippen LogP contribution in [0.1, 0.15) is 58.4 Å². The third-order valence-electron chi connectivity index (χ3n) is 8.25. The van der Waals surface area contributed by atoms with Crippen molar-refractivity contribution >= 4 is 11.5 Å². The van der Waals surface area contributed by atoms with Gasteiger partial charge in [-0.15, -0.1) is 0 Å². The predicted molar refractivity (Wildman–Crippen MR) is 147 cm³/mol. The highest BCUT2D eigenvalue weighted by Crippen LogP contribution is 2.68. The SMILES string of the molecule is C=C(N)c1cc(-c2cccnc2[C@@H](CC(=O)Cn2nc(C(F)(F)F)c3c2C2CC2C3(F)F)Cc2cc(F)cc(F)c2)ccc1F. The van der Waals surface area contributed by atoms with Gasteiger partial charge in [0, 0.05) is 53.3 Å². The molecule has 2 aromatic carbocycles. The average Bonchev–Trinajstić information content (AvgIpc) is 3.60. The molecule has 13 heteroatoms. The van der Waals surface area contributed by atoms with Crippen molar-refractivity contribution in [1.82, 2.24) is 14.8 Å². The third kappa shape index (κ3) is 5.59. The Bertz CT molecular complexity index is 1830. The first-order valence-electron chi connectivity index (χ1n) is 13.9. The van der Waals surface area contributed by atoms with Crippen LogP contribution in [0.15, 0.2) is 61.3 Å². The third-order valence-corrected chi connectivity index (χ3v) is 8.25. The number of rotatable bonds is 9. The molecule has 0 bridgehead atoms. The van der Waals surface area contributed by atoms with Crippen LogP contribution < -0.4 is 5.73 Å². The lowest BCUT2D eigenvalue weighted by atomic mass is 9.86. The number of Topliss-reactive ketones (excluding diaryl/α,β-unsaturated/α-hetero) is 1. The molecular weight excluding hydrogens is 608 g/mol. The van der Waals surface area contributed by atoms with Crippen molar-refractivity contribution in [1.29, 1.82) is 0 Å². The molecule has 0 amide bonds. The van der Waals surface area contributed by atoms with Crippen LogP contribution in [0.25, 0.3) is 16.8 Å². The first-order valence-corrected chi connectivity index (χ1v) is 13.9. The highest BCUT2D eigenvalue weighted by molar-refractivity contribution is 5.80. The molecule has 1 fully saturated rings. The number of hydrogen-bond acceptors (Lipinski definition) is 4. The fraction of sp³-hybridized carbons (Fsp3) is 0.281. The summed E-state index contributed by atoms with van der Waals surface area (Å²) in [6.07, 6.45) is -4.29. The number of pyridine rings is 1. The molecule has 5 nitrogen and oxygen atoms in total. The summed E-state index contributed by atoms with van der Waals surface area (Å²) in [4.78, 5) is 17.9. The standard InChI is InChI=1S/C32H24F8N4O/c1-15(41)23-11-17(4-5-26(23)35)22-3-2-6-42-28(22)18(7-16-8-19(33)12-20(34)9-16)10-21(45)14-44-29-24-13-25(24)31(36,37)27(29)30(43-44)32(38,39)40/h2-6,8-9,11-12,18,24-25H,1,7,10,13-14,41H2/t18-,24?,25?/m1/s1. The van der Waals surface area contributed by atoms with Crippen LogP contribution in [-0.4, -0.2) is 20.5 Å². The lowest BCUT2D eigenvalue weighted by molar-refractivity contribution is -0.146. The Morgan fingerprint density at radius 3 is 2.47 bits per heavy atom. The van der Waals surface area contributed by atoms with Gasteiger partial charge in [-0.3, -0.25) is 14.5 Å². The highest BCUT2D eigenvalue weighted by Gasteiger charge is 2.68. The zero-order chi connectivity index (χ0) is 32.4. The van der Waals surface area contributed by atoms with Gasteiger partial charge in [0.05, 0.1) is 23.5 Å². The maximum absolute atomic E-state index is 14.8. The monoisotopic (exact) mass is 632 g/mol. The fourth-order valence-corrected chi connectivity index (χ4v) is 6.29. The summed E-state index contributed by atoms with van der Waals surface area (Å²) in [5, 5.41) is 3.42. The van der Waals surface area contributed by atoms with Crippen LogP contribution in [0, 0.1) is 23.4 Å². The molecule has 0 radical (unpaired) electrons. The van der Waals surface area contributed by atoms with Crippen LogP contribution in [0.2, 0.25) is 0 Å². The number of alkyl halides is 5. The molecule has 45 heavy (non-hydrogen) atoms. The fourth-order valence-electron chi connectivity index (χ4n) is 6.29. The maximum Gasteiger partial charge on any atom is 0.435 e. The summed E-state index contributed by atoms with van der Waals surface area (Å²) in [5.74, 6) is -9.77. The van der Waals surface area contributed by atoms with E-state index in [1.807, 2.05) is 0 Å². The molecular formula is C32H24F8N4O. The first-order chi connectivity index (χ1) is 21.1. The van der Waals surface area contributed by atoms with Gasteiger partial charge in [-0.2, -0.15) is 18.3 Å². The number of nitrogens with zero attached hydrogens (tertiary/aromatic N) is 3. The second kappa shape index (κ2) is 10.8. The van der Waals surface area contributed by atoms with Gasteiger partial charge in [0.25, 0.3) is 5.92 Å². The lowest BCUT2D eigenvalue weighted by Crippen LogP contribution is -2.20. The largest absolute Gasteiger partial charge is 0.435 e. The Hall–Kier alpha value is -4.55. The predicted octanol–water partition coefficient (Wildman–Crippen LogP) is 7.51. The second-order valence-corrected chi connectivity index (χ2v) is 11.4. The van der Waals surface area contributed by atoms with Gasteiger partial charge in [0.15, 0.2) is 11.5 Å². The van der Waals surface area contributed by atoms with Gasteiger partial charge < -0.3 is 5.73 Å². The van der Waals surface area contributed by atoms with E-state index in [1.54, 1.807) is 12.1 Å². The minimum atomic E-state index is -5.16. The average molecular weight is 633 g/mol. The summed E-state index contributed by atoms with van der Waals surface area (Å²) in [6, 6.07) is 10.1. The van der Waals surface area contributed by atoms with Gasteiger partial charge in [0.1, 0.15) is 17.5 Å². The Morgan fingerprint density at radius 1 is 1.09 bits per heavy atom. The number of carbonyl (C=O) groups excluding carboxylic acids is 1. The molecule has 2 aliphatic carbocycles. The molecule has 2 heterocycles. The maximum atomic E-state index is 14.8. The van der Waals surface area contributed by atoms with Gasteiger partial charge in [-0.1, -0.05) is 18.7 Å². The Balaban J connectivity index is 1.38. The summed E-state index contributed by atoms with van der Waals surface area (Å²) in [6.45, 7) is 2.84. The molecule has 4 aromatic rings. The molecule has 6 rings (SSSR count). The lowest BCUT2D eigenvalue weighted by Gasteiger charge is -2.20. The van der Waals surface area contributed by atoms with E-state index in [2.05, 4.69) is 16.7 Å². The Labute approximate surface area is 251 Å². The van der Waals surface area contributed by atoms with Crippen molar-refractivity contribution in [3.05, 3.63) is 113 Å². The van der Waals surface area contributed by atoms with Gasteiger partial charge in [-0.05, 0) is 54.3 Å². The van der Waals surface area contributed by atoms with Crippen molar-refractivity contribution in [3.63, 3.8) is 0 Å². The number of halogens is 8. The number of benzene rings is 2.